The van der Waals surface area contributed by atoms with Crippen molar-refractivity contribution in [2.75, 3.05) is 0 Å². The third-order valence-corrected chi connectivity index (χ3v) is 4.13. The Morgan fingerprint density at radius 1 is 1.29 bits per heavy atom. The summed E-state index contributed by atoms with van der Waals surface area (Å²) in [4.78, 5) is 16.7. The van der Waals surface area contributed by atoms with Crippen LogP contribution in [0.15, 0.2) is 52.0 Å². The van der Waals surface area contributed by atoms with E-state index in [9.17, 15) is 9.90 Å². The van der Waals surface area contributed by atoms with Crippen LogP contribution in [0.3, 0.4) is 0 Å². The Labute approximate surface area is 147 Å². The number of hydrogen-bond donors (Lipinski definition) is 2. The maximum atomic E-state index is 12.2. The van der Waals surface area contributed by atoms with E-state index in [0.29, 0.717) is 16.0 Å². The van der Waals surface area contributed by atoms with E-state index < -0.39 is 5.91 Å². The Hall–Kier alpha value is -2.67. The second-order valence-electron chi connectivity index (χ2n) is 5.28. The highest BCUT2D eigenvalue weighted by molar-refractivity contribution is 9.10. The van der Waals surface area contributed by atoms with Crippen LogP contribution >= 0.6 is 15.9 Å². The second kappa shape index (κ2) is 6.45. The molecule has 2 aromatic carbocycles. The number of halogens is 1. The molecule has 0 atom stereocenters. The third kappa shape index (κ3) is 3.03. The van der Waals surface area contributed by atoms with Gasteiger partial charge in [0.15, 0.2) is 5.82 Å². The Balaban J connectivity index is 1.86. The molecule has 7 heteroatoms. The minimum Gasteiger partial charge on any atom is -0.507 e. The topological polar surface area (TPSA) is 79.5 Å². The Bertz CT molecular complexity index is 962. The molecular formula is C17H15BrN4O2. The maximum Gasteiger partial charge on any atom is 0.275 e. The molecule has 1 heterocycles. The van der Waals surface area contributed by atoms with Gasteiger partial charge in [0, 0.05) is 11.5 Å². The summed E-state index contributed by atoms with van der Waals surface area (Å²) < 4.78 is 2.61. The summed E-state index contributed by atoms with van der Waals surface area (Å²) >= 11 is 3.27. The molecule has 1 amide bonds. The van der Waals surface area contributed by atoms with Gasteiger partial charge in [0.05, 0.1) is 16.6 Å². The van der Waals surface area contributed by atoms with E-state index in [1.165, 1.54) is 12.1 Å². The molecule has 6 nitrogen and oxygen atoms in total. The van der Waals surface area contributed by atoms with Crippen LogP contribution in [0.5, 0.6) is 5.75 Å². The first kappa shape index (κ1) is 16.2. The smallest absolute Gasteiger partial charge is 0.275 e. The minimum atomic E-state index is -0.494. The van der Waals surface area contributed by atoms with E-state index in [0.717, 1.165) is 11.0 Å². The third-order valence-electron chi connectivity index (χ3n) is 3.64. The van der Waals surface area contributed by atoms with Crippen molar-refractivity contribution in [2.45, 2.75) is 6.92 Å². The highest BCUT2D eigenvalue weighted by Gasteiger charge is 2.13. The number of aromatic nitrogens is 2. The van der Waals surface area contributed by atoms with Crippen molar-refractivity contribution in [2.24, 2.45) is 12.1 Å². The normalized spacial score (nSPS) is 11.7. The Kier molecular flexibility index (Phi) is 4.35. The number of hydrogen-bond acceptors (Lipinski definition) is 4. The van der Waals surface area contributed by atoms with E-state index in [1.807, 2.05) is 35.9 Å². The lowest BCUT2D eigenvalue weighted by Crippen LogP contribution is -2.20. The van der Waals surface area contributed by atoms with E-state index in [4.69, 9.17) is 0 Å². The number of aromatic hydroxyl groups is 1. The zero-order chi connectivity index (χ0) is 17.3. The van der Waals surface area contributed by atoms with Crippen LogP contribution in [0.25, 0.3) is 11.0 Å². The number of benzene rings is 2. The summed E-state index contributed by atoms with van der Waals surface area (Å²) in [6, 6.07) is 12.4. The van der Waals surface area contributed by atoms with Gasteiger partial charge in [-0.05, 0) is 37.3 Å². The van der Waals surface area contributed by atoms with Gasteiger partial charge >= 0.3 is 0 Å². The maximum absolute atomic E-state index is 12.2. The number of para-hydroxylation sites is 2. The first-order valence-corrected chi connectivity index (χ1v) is 8.01. The van der Waals surface area contributed by atoms with Crippen LogP contribution in [-0.4, -0.2) is 26.3 Å². The number of rotatable bonds is 3. The number of amides is 1. The van der Waals surface area contributed by atoms with Gasteiger partial charge < -0.3 is 9.67 Å². The fourth-order valence-corrected chi connectivity index (χ4v) is 2.77. The summed E-state index contributed by atoms with van der Waals surface area (Å²) in [6.45, 7) is 1.77. The molecule has 3 aromatic rings. The number of fused-ring (bicyclic) bond motifs is 1. The second-order valence-corrected chi connectivity index (χ2v) is 6.20. The molecule has 0 aliphatic carbocycles. The van der Waals surface area contributed by atoms with Crippen LogP contribution in [0, 0.1) is 0 Å². The average molecular weight is 387 g/mol. The predicted octanol–water partition coefficient (Wildman–Crippen LogP) is 3.20. The number of carbonyl (C=O) groups is 1. The number of nitrogens with zero attached hydrogens (tertiary/aromatic N) is 3. The largest absolute Gasteiger partial charge is 0.507 e. The minimum absolute atomic E-state index is 0.105. The molecule has 0 saturated heterocycles. The van der Waals surface area contributed by atoms with Crippen molar-refractivity contribution in [3.63, 3.8) is 0 Å². The van der Waals surface area contributed by atoms with Crippen LogP contribution in [0.1, 0.15) is 23.1 Å². The molecule has 24 heavy (non-hydrogen) atoms. The first-order valence-electron chi connectivity index (χ1n) is 7.22. The van der Waals surface area contributed by atoms with Crippen molar-refractivity contribution in [1.29, 1.82) is 0 Å². The quantitative estimate of drug-likeness (QED) is 0.535. The summed E-state index contributed by atoms with van der Waals surface area (Å²) in [5, 5.41) is 13.9. The zero-order valence-electron chi connectivity index (χ0n) is 13.1. The number of nitrogens with one attached hydrogen (secondary N) is 1. The van der Waals surface area contributed by atoms with Crippen molar-refractivity contribution in [3.05, 3.63) is 58.3 Å². The van der Waals surface area contributed by atoms with Gasteiger partial charge in [0.2, 0.25) is 0 Å². The van der Waals surface area contributed by atoms with E-state index in [1.54, 1.807) is 13.0 Å². The van der Waals surface area contributed by atoms with Gasteiger partial charge in [0.1, 0.15) is 11.5 Å². The van der Waals surface area contributed by atoms with Crippen LogP contribution in [0.4, 0.5) is 0 Å². The van der Waals surface area contributed by atoms with Crippen LogP contribution < -0.4 is 5.43 Å². The van der Waals surface area contributed by atoms with Crippen molar-refractivity contribution < 1.29 is 9.90 Å². The van der Waals surface area contributed by atoms with Gasteiger partial charge in [-0.3, -0.25) is 4.79 Å². The van der Waals surface area contributed by atoms with Crippen LogP contribution in [-0.2, 0) is 7.05 Å². The first-order chi connectivity index (χ1) is 11.5. The molecule has 122 valence electrons. The molecule has 0 saturated carbocycles. The number of phenolic OH excluding ortho intramolecular Hbond substituents is 1. The van der Waals surface area contributed by atoms with E-state index in [2.05, 4.69) is 31.4 Å². The van der Waals surface area contributed by atoms with Crippen LogP contribution in [0.2, 0.25) is 0 Å². The molecule has 0 spiro atoms. The molecule has 0 unspecified atom stereocenters. The zero-order valence-corrected chi connectivity index (χ0v) is 14.7. The fraction of sp³-hybridized carbons (Fsp3) is 0.118. The molecule has 3 rings (SSSR count). The lowest BCUT2D eigenvalue weighted by atomic mass is 10.2. The molecular weight excluding hydrogens is 372 g/mol. The van der Waals surface area contributed by atoms with Gasteiger partial charge in [-0.2, -0.15) is 5.10 Å². The molecule has 2 N–H and O–H groups in total. The molecule has 0 bridgehead atoms. The lowest BCUT2D eigenvalue weighted by molar-refractivity contribution is 0.0952. The standard InChI is InChI=1S/C17H15BrN4O2/c1-10(16-19-13-5-3-4-6-14(13)22(16)2)20-21-17(24)12-9-11(18)7-8-15(12)23/h3-9,23H,1-2H3,(H,21,24). The summed E-state index contributed by atoms with van der Waals surface area (Å²) in [6.07, 6.45) is 0. The Morgan fingerprint density at radius 3 is 2.79 bits per heavy atom. The molecule has 0 aliphatic heterocycles. The SMILES string of the molecule is CC(=NNC(=O)c1cc(Br)ccc1O)c1nc2ccccc2n1C. The van der Waals surface area contributed by atoms with Gasteiger partial charge in [0.25, 0.3) is 5.91 Å². The number of aryl methyl sites for hydroxylation is 1. The molecule has 0 fully saturated rings. The lowest BCUT2D eigenvalue weighted by Gasteiger charge is -2.05. The van der Waals surface area contributed by atoms with Crippen molar-refractivity contribution in [3.8, 4) is 5.75 Å². The average Bonchev–Trinajstić information content (AvgIpc) is 2.92. The summed E-state index contributed by atoms with van der Waals surface area (Å²) in [5.74, 6) is 0.0631. The Morgan fingerprint density at radius 2 is 2.04 bits per heavy atom. The number of phenols is 1. The summed E-state index contributed by atoms with van der Waals surface area (Å²) in [5.41, 5.74) is 5.01. The number of carbonyl (C=O) groups excluding carboxylic acids is 1. The van der Waals surface area contributed by atoms with Gasteiger partial charge in [-0.15, -0.1) is 0 Å². The summed E-state index contributed by atoms with van der Waals surface area (Å²) in [7, 11) is 1.89. The number of imidazole rings is 1. The molecule has 0 radical (unpaired) electrons. The predicted molar refractivity (Wildman–Crippen MR) is 96.2 cm³/mol. The number of hydrazone groups is 1. The van der Waals surface area contributed by atoms with Gasteiger partial charge in [-0.25, -0.2) is 10.4 Å². The van der Waals surface area contributed by atoms with E-state index in [-0.39, 0.29) is 11.3 Å². The monoisotopic (exact) mass is 386 g/mol. The van der Waals surface area contributed by atoms with Crippen molar-refractivity contribution >= 4 is 38.6 Å². The van der Waals surface area contributed by atoms with E-state index >= 15 is 0 Å². The fourth-order valence-electron chi connectivity index (χ4n) is 2.40. The highest BCUT2D eigenvalue weighted by Crippen LogP contribution is 2.21. The molecule has 0 aliphatic rings. The molecule has 1 aromatic heterocycles. The van der Waals surface area contributed by atoms with Crippen molar-refractivity contribution in [1.82, 2.24) is 15.0 Å². The highest BCUT2D eigenvalue weighted by atomic mass is 79.9. The van der Waals surface area contributed by atoms with Gasteiger partial charge in [-0.1, -0.05) is 28.1 Å².